The predicted octanol–water partition coefficient (Wildman–Crippen LogP) is 2.52. The third-order valence-corrected chi connectivity index (χ3v) is 4.95. The van der Waals surface area contributed by atoms with Crippen LogP contribution in [0.2, 0.25) is 0 Å². The molecule has 2 aliphatic rings. The van der Waals surface area contributed by atoms with Crippen LogP contribution in [0.3, 0.4) is 0 Å². The highest BCUT2D eigenvalue weighted by Gasteiger charge is 2.42. The maximum absolute atomic E-state index is 5.39. The fourth-order valence-corrected chi connectivity index (χ4v) is 3.26. The van der Waals surface area contributed by atoms with Crippen molar-refractivity contribution in [2.45, 2.75) is 25.7 Å². The van der Waals surface area contributed by atoms with E-state index in [4.69, 9.17) is 4.74 Å². The monoisotopic (exact) mass is 275 g/mol. The molecule has 1 heterocycles. The maximum atomic E-state index is 5.39. The topological polar surface area (TPSA) is 12.5 Å². The van der Waals surface area contributed by atoms with Crippen LogP contribution in [0.1, 0.15) is 25.7 Å². The second-order valence-electron chi connectivity index (χ2n) is 5.39. The van der Waals surface area contributed by atoms with E-state index < -0.39 is 0 Å². The molecule has 0 aromatic rings. The first-order valence-electron chi connectivity index (χ1n) is 6.06. The number of halogens is 1. The van der Waals surface area contributed by atoms with Gasteiger partial charge in [-0.3, -0.25) is 0 Å². The minimum atomic E-state index is 0.625. The molecule has 1 aliphatic heterocycles. The fourth-order valence-electron chi connectivity index (χ4n) is 2.52. The molecule has 0 spiro atoms. The molecule has 1 aliphatic carbocycles. The molecule has 0 bridgehead atoms. The standard InChI is InChI=1S/C12H22BrNO/c1-14(10-12(9-13)4-5-12)8-11-2-6-15-7-3-11/h11H,2-10H2,1H3. The van der Waals surface area contributed by atoms with Gasteiger partial charge in [0.1, 0.15) is 0 Å². The second kappa shape index (κ2) is 5.15. The van der Waals surface area contributed by atoms with Gasteiger partial charge in [-0.2, -0.15) is 0 Å². The van der Waals surface area contributed by atoms with E-state index >= 15 is 0 Å². The first-order valence-corrected chi connectivity index (χ1v) is 7.18. The largest absolute Gasteiger partial charge is 0.381 e. The Hall–Kier alpha value is 0.400. The van der Waals surface area contributed by atoms with Crippen LogP contribution in [0.4, 0.5) is 0 Å². The molecule has 3 heteroatoms. The summed E-state index contributed by atoms with van der Waals surface area (Å²) in [5.41, 5.74) is 0.625. The molecule has 0 aromatic heterocycles. The quantitative estimate of drug-likeness (QED) is 0.715. The van der Waals surface area contributed by atoms with Gasteiger partial charge in [0.05, 0.1) is 0 Å². The van der Waals surface area contributed by atoms with Gasteiger partial charge >= 0.3 is 0 Å². The molecular weight excluding hydrogens is 254 g/mol. The zero-order valence-corrected chi connectivity index (χ0v) is 11.3. The lowest BCUT2D eigenvalue weighted by Gasteiger charge is -2.29. The van der Waals surface area contributed by atoms with Crippen molar-refractivity contribution in [3.63, 3.8) is 0 Å². The minimum Gasteiger partial charge on any atom is -0.381 e. The Bertz CT molecular complexity index is 200. The highest BCUT2D eigenvalue weighted by atomic mass is 79.9. The van der Waals surface area contributed by atoms with Crippen molar-refractivity contribution in [2.75, 3.05) is 38.7 Å². The average molecular weight is 276 g/mol. The molecule has 0 N–H and O–H groups in total. The van der Waals surface area contributed by atoms with E-state index in [1.54, 1.807) is 0 Å². The molecule has 2 nitrogen and oxygen atoms in total. The van der Waals surface area contributed by atoms with Gasteiger partial charge in [0.2, 0.25) is 0 Å². The van der Waals surface area contributed by atoms with Gasteiger partial charge in [0, 0.05) is 31.6 Å². The molecule has 0 unspecified atom stereocenters. The third-order valence-electron chi connectivity index (χ3n) is 3.76. The summed E-state index contributed by atoms with van der Waals surface area (Å²) in [6.45, 7) is 4.48. The summed E-state index contributed by atoms with van der Waals surface area (Å²) in [5, 5.41) is 1.18. The van der Waals surface area contributed by atoms with Crippen LogP contribution in [0.15, 0.2) is 0 Å². The average Bonchev–Trinajstić information content (AvgIpc) is 3.00. The highest BCUT2D eigenvalue weighted by molar-refractivity contribution is 9.09. The van der Waals surface area contributed by atoms with E-state index in [-0.39, 0.29) is 0 Å². The molecule has 0 atom stereocenters. The Balaban J connectivity index is 1.69. The van der Waals surface area contributed by atoms with Crippen molar-refractivity contribution < 1.29 is 4.74 Å². The molecule has 0 aromatic carbocycles. The molecule has 88 valence electrons. The Kier molecular flexibility index (Phi) is 4.08. The van der Waals surface area contributed by atoms with Gasteiger partial charge < -0.3 is 9.64 Å². The number of hydrogen-bond donors (Lipinski definition) is 0. The Morgan fingerprint density at radius 1 is 1.33 bits per heavy atom. The van der Waals surface area contributed by atoms with Gasteiger partial charge in [0.25, 0.3) is 0 Å². The summed E-state index contributed by atoms with van der Waals surface area (Å²) in [6.07, 6.45) is 5.34. The van der Waals surface area contributed by atoms with E-state index in [1.807, 2.05) is 0 Å². The zero-order valence-electron chi connectivity index (χ0n) is 9.67. The number of ether oxygens (including phenoxy) is 1. The predicted molar refractivity (Wildman–Crippen MR) is 66.5 cm³/mol. The minimum absolute atomic E-state index is 0.625. The zero-order chi connectivity index (χ0) is 10.7. The fraction of sp³-hybridized carbons (Fsp3) is 1.00. The SMILES string of the molecule is CN(CC1CCOCC1)CC1(CBr)CC1. The molecule has 15 heavy (non-hydrogen) atoms. The summed E-state index contributed by atoms with van der Waals surface area (Å²) in [5.74, 6) is 0.870. The van der Waals surface area contributed by atoms with Crippen LogP contribution in [0.5, 0.6) is 0 Å². The molecular formula is C12H22BrNO. The number of rotatable bonds is 5. The van der Waals surface area contributed by atoms with Gasteiger partial charge in [-0.05, 0) is 44.1 Å². The first-order chi connectivity index (χ1) is 7.24. The normalized spacial score (nSPS) is 25.8. The van der Waals surface area contributed by atoms with E-state index in [2.05, 4.69) is 27.9 Å². The lowest BCUT2D eigenvalue weighted by atomic mass is 9.99. The molecule has 1 saturated heterocycles. The van der Waals surface area contributed by atoms with Crippen molar-refractivity contribution in [2.24, 2.45) is 11.3 Å². The Labute approximate surface area is 101 Å². The smallest absolute Gasteiger partial charge is 0.0469 e. The van der Waals surface area contributed by atoms with E-state index in [1.165, 1.54) is 44.1 Å². The van der Waals surface area contributed by atoms with Crippen LogP contribution in [0, 0.1) is 11.3 Å². The summed E-state index contributed by atoms with van der Waals surface area (Å²) in [4.78, 5) is 2.53. The van der Waals surface area contributed by atoms with Crippen LogP contribution in [0.25, 0.3) is 0 Å². The molecule has 2 rings (SSSR count). The molecule has 1 saturated carbocycles. The van der Waals surface area contributed by atoms with Gasteiger partial charge in [-0.15, -0.1) is 0 Å². The van der Waals surface area contributed by atoms with Crippen LogP contribution in [-0.4, -0.2) is 43.6 Å². The second-order valence-corrected chi connectivity index (χ2v) is 5.95. The Morgan fingerprint density at radius 3 is 2.53 bits per heavy atom. The number of nitrogens with zero attached hydrogens (tertiary/aromatic N) is 1. The maximum Gasteiger partial charge on any atom is 0.0469 e. The summed E-state index contributed by atoms with van der Waals surface area (Å²) < 4.78 is 5.39. The van der Waals surface area contributed by atoms with E-state index in [0.717, 1.165) is 19.1 Å². The lowest BCUT2D eigenvalue weighted by molar-refractivity contribution is 0.0539. The lowest BCUT2D eigenvalue weighted by Crippen LogP contribution is -2.34. The summed E-state index contributed by atoms with van der Waals surface area (Å²) >= 11 is 3.64. The van der Waals surface area contributed by atoms with Crippen LogP contribution < -0.4 is 0 Å². The van der Waals surface area contributed by atoms with E-state index in [0.29, 0.717) is 5.41 Å². The van der Waals surface area contributed by atoms with Gasteiger partial charge in [0.15, 0.2) is 0 Å². The summed E-state index contributed by atoms with van der Waals surface area (Å²) in [6, 6.07) is 0. The first kappa shape index (κ1) is 11.9. The summed E-state index contributed by atoms with van der Waals surface area (Å²) in [7, 11) is 2.28. The number of hydrogen-bond acceptors (Lipinski definition) is 2. The third kappa shape index (κ3) is 3.43. The molecule has 2 fully saturated rings. The van der Waals surface area contributed by atoms with Crippen molar-refractivity contribution in [3.05, 3.63) is 0 Å². The highest BCUT2D eigenvalue weighted by Crippen LogP contribution is 2.47. The Morgan fingerprint density at radius 2 is 2.00 bits per heavy atom. The van der Waals surface area contributed by atoms with Crippen molar-refractivity contribution in [1.82, 2.24) is 4.90 Å². The van der Waals surface area contributed by atoms with Crippen LogP contribution in [-0.2, 0) is 4.74 Å². The molecule has 0 amide bonds. The van der Waals surface area contributed by atoms with E-state index in [9.17, 15) is 0 Å². The molecule has 0 radical (unpaired) electrons. The van der Waals surface area contributed by atoms with Gasteiger partial charge in [-0.25, -0.2) is 0 Å². The van der Waals surface area contributed by atoms with Crippen LogP contribution >= 0.6 is 15.9 Å². The number of alkyl halides is 1. The van der Waals surface area contributed by atoms with Crippen molar-refractivity contribution in [1.29, 1.82) is 0 Å². The van der Waals surface area contributed by atoms with Gasteiger partial charge in [-0.1, -0.05) is 15.9 Å². The van der Waals surface area contributed by atoms with Crippen molar-refractivity contribution in [3.8, 4) is 0 Å². The van der Waals surface area contributed by atoms with Crippen molar-refractivity contribution >= 4 is 15.9 Å².